The van der Waals surface area contributed by atoms with Crippen molar-refractivity contribution in [2.45, 2.75) is 6.54 Å². The molecule has 0 spiro atoms. The van der Waals surface area contributed by atoms with Crippen LogP contribution in [-0.2, 0) is 6.54 Å². The van der Waals surface area contributed by atoms with Crippen molar-refractivity contribution >= 4 is 23.5 Å². The summed E-state index contributed by atoms with van der Waals surface area (Å²) in [6.45, 7) is 0.00412. The molecule has 0 bridgehead atoms. The van der Waals surface area contributed by atoms with Crippen LogP contribution in [0.5, 0.6) is 0 Å². The maximum absolute atomic E-state index is 10.9. The highest BCUT2D eigenvalue weighted by molar-refractivity contribution is 6.30. The Hall–Kier alpha value is -2.41. The molecule has 0 aliphatic heterocycles. The van der Waals surface area contributed by atoms with Crippen LogP contribution < -0.4 is 10.2 Å². The number of hydrogen-bond acceptors (Lipinski definition) is 6. The summed E-state index contributed by atoms with van der Waals surface area (Å²) in [6, 6.07) is 6.61. The van der Waals surface area contributed by atoms with E-state index in [1.54, 1.807) is 24.3 Å². The molecule has 2 aromatic rings. The van der Waals surface area contributed by atoms with Gasteiger partial charge in [0, 0.05) is 5.02 Å². The number of nitrogens with zero attached hydrogens (tertiary/aromatic N) is 3. The molecule has 0 saturated carbocycles. The molecule has 1 aromatic heterocycles. The Morgan fingerprint density at radius 3 is 2.58 bits per heavy atom. The monoisotopic (exact) mass is 279 g/mol. The second kappa shape index (κ2) is 5.07. The lowest BCUT2D eigenvalue weighted by Crippen LogP contribution is -2.32. The standard InChI is InChI=1S/C11H8ClN3O4/c12-7-3-1-2-6(4-7)5-15-9(11(18)19)8(10(16)17)13-14-15/h1-4H,5H2,(H,16,17)(H,18,19)/p-2. The maximum atomic E-state index is 10.9. The van der Waals surface area contributed by atoms with E-state index in [1.807, 2.05) is 0 Å². The lowest BCUT2D eigenvalue weighted by molar-refractivity contribution is -0.260. The first kappa shape index (κ1) is 13.0. The first-order chi connectivity index (χ1) is 8.99. The number of hydrogen-bond donors (Lipinski definition) is 0. The van der Waals surface area contributed by atoms with Crippen LogP contribution in [0.1, 0.15) is 26.5 Å². The average molecular weight is 280 g/mol. The van der Waals surface area contributed by atoms with Crippen LogP contribution in [0, 0.1) is 0 Å². The summed E-state index contributed by atoms with van der Waals surface area (Å²) in [6.07, 6.45) is 0. The summed E-state index contributed by atoms with van der Waals surface area (Å²) in [4.78, 5) is 21.6. The molecule has 0 unspecified atom stereocenters. The van der Waals surface area contributed by atoms with Gasteiger partial charge in [0.15, 0.2) is 0 Å². The fourth-order valence-corrected chi connectivity index (χ4v) is 1.78. The second-order valence-corrected chi connectivity index (χ2v) is 4.09. The Balaban J connectivity index is 2.41. The van der Waals surface area contributed by atoms with Gasteiger partial charge >= 0.3 is 0 Å². The Bertz CT molecular complexity index is 653. The highest BCUT2D eigenvalue weighted by Crippen LogP contribution is 2.13. The molecule has 0 saturated heterocycles. The third-order valence-electron chi connectivity index (χ3n) is 2.34. The molecule has 0 amide bonds. The minimum absolute atomic E-state index is 0.00412. The summed E-state index contributed by atoms with van der Waals surface area (Å²) in [5.74, 6) is -3.41. The zero-order valence-electron chi connectivity index (χ0n) is 9.37. The summed E-state index contributed by atoms with van der Waals surface area (Å²) >= 11 is 5.79. The van der Waals surface area contributed by atoms with Crippen LogP contribution >= 0.6 is 11.6 Å². The third kappa shape index (κ3) is 2.71. The summed E-state index contributed by atoms with van der Waals surface area (Å²) < 4.78 is 0.909. The third-order valence-corrected chi connectivity index (χ3v) is 2.58. The van der Waals surface area contributed by atoms with Crippen molar-refractivity contribution in [1.82, 2.24) is 15.0 Å². The number of benzene rings is 1. The van der Waals surface area contributed by atoms with Gasteiger partial charge in [0.25, 0.3) is 0 Å². The van der Waals surface area contributed by atoms with Crippen molar-refractivity contribution in [2.24, 2.45) is 0 Å². The number of carbonyl (C=O) groups is 2. The van der Waals surface area contributed by atoms with Crippen LogP contribution in [0.4, 0.5) is 0 Å². The van der Waals surface area contributed by atoms with Gasteiger partial charge in [-0.3, -0.25) is 0 Å². The predicted octanol–water partition coefficient (Wildman–Crippen LogP) is -1.29. The van der Waals surface area contributed by atoms with Crippen molar-refractivity contribution in [3.63, 3.8) is 0 Å². The fraction of sp³-hybridized carbons (Fsp3) is 0.0909. The smallest absolute Gasteiger partial charge is 0.137 e. The number of carboxylic acids is 2. The molecule has 0 radical (unpaired) electrons. The molecule has 0 atom stereocenters. The lowest BCUT2D eigenvalue weighted by atomic mass is 10.2. The number of rotatable bonds is 4. The molecule has 2 rings (SSSR count). The van der Waals surface area contributed by atoms with Crippen molar-refractivity contribution in [3.8, 4) is 0 Å². The van der Waals surface area contributed by atoms with E-state index < -0.39 is 23.3 Å². The minimum Gasteiger partial charge on any atom is -0.543 e. The summed E-state index contributed by atoms with van der Waals surface area (Å²) in [5, 5.41) is 28.8. The molecular formula is C11H6ClN3O4-2. The lowest BCUT2D eigenvalue weighted by Gasteiger charge is -2.09. The number of carboxylic acid groups (broad SMARTS) is 2. The van der Waals surface area contributed by atoms with Crippen molar-refractivity contribution < 1.29 is 19.8 Å². The highest BCUT2D eigenvalue weighted by atomic mass is 35.5. The molecule has 8 heteroatoms. The molecule has 7 nitrogen and oxygen atoms in total. The van der Waals surface area contributed by atoms with E-state index in [4.69, 9.17) is 11.6 Å². The Kier molecular flexibility index (Phi) is 3.48. The molecule has 1 aromatic carbocycles. The number of aromatic nitrogens is 3. The van der Waals surface area contributed by atoms with Gasteiger partial charge in [-0.25, -0.2) is 4.68 Å². The van der Waals surface area contributed by atoms with Gasteiger partial charge in [0.05, 0.1) is 18.5 Å². The zero-order valence-corrected chi connectivity index (χ0v) is 10.1. The first-order valence-electron chi connectivity index (χ1n) is 5.09. The van der Waals surface area contributed by atoms with E-state index in [0.29, 0.717) is 10.6 Å². The number of aromatic carboxylic acids is 2. The quantitative estimate of drug-likeness (QED) is 0.688. The summed E-state index contributed by atoms with van der Waals surface area (Å²) in [7, 11) is 0. The SMILES string of the molecule is O=C([O-])c1nnn(Cc2cccc(Cl)c2)c1C(=O)[O-]. The van der Waals surface area contributed by atoms with Gasteiger partial charge in [-0.2, -0.15) is 0 Å². The van der Waals surface area contributed by atoms with E-state index in [0.717, 1.165) is 4.68 Å². The van der Waals surface area contributed by atoms with E-state index in [2.05, 4.69) is 10.3 Å². The molecule has 0 fully saturated rings. The Labute approximate surface area is 112 Å². The van der Waals surface area contributed by atoms with E-state index in [9.17, 15) is 19.8 Å². The Morgan fingerprint density at radius 1 is 1.26 bits per heavy atom. The van der Waals surface area contributed by atoms with E-state index in [1.165, 1.54) is 0 Å². The Morgan fingerprint density at radius 2 is 2.00 bits per heavy atom. The van der Waals surface area contributed by atoms with E-state index in [-0.39, 0.29) is 6.54 Å². The fourth-order valence-electron chi connectivity index (χ4n) is 1.57. The van der Waals surface area contributed by atoms with Crippen LogP contribution in [-0.4, -0.2) is 26.9 Å². The zero-order chi connectivity index (χ0) is 14.0. The maximum Gasteiger partial charge on any atom is 0.137 e. The molecule has 0 aliphatic carbocycles. The van der Waals surface area contributed by atoms with Crippen LogP contribution in [0.15, 0.2) is 24.3 Å². The van der Waals surface area contributed by atoms with Gasteiger partial charge < -0.3 is 19.8 Å². The molecule has 1 heterocycles. The van der Waals surface area contributed by atoms with Crippen LogP contribution in [0.3, 0.4) is 0 Å². The van der Waals surface area contributed by atoms with Crippen molar-refractivity contribution in [1.29, 1.82) is 0 Å². The van der Waals surface area contributed by atoms with Crippen molar-refractivity contribution in [3.05, 3.63) is 46.2 Å². The van der Waals surface area contributed by atoms with Gasteiger partial charge in [0.1, 0.15) is 11.4 Å². The molecule has 0 N–H and O–H groups in total. The molecule has 0 aliphatic rings. The molecular weight excluding hydrogens is 274 g/mol. The molecule has 98 valence electrons. The number of carbonyl (C=O) groups excluding carboxylic acids is 2. The predicted molar refractivity (Wildman–Crippen MR) is 59.2 cm³/mol. The summed E-state index contributed by atoms with van der Waals surface area (Å²) in [5.41, 5.74) is -0.758. The topological polar surface area (TPSA) is 111 Å². The minimum atomic E-state index is -1.73. The van der Waals surface area contributed by atoms with Gasteiger partial charge in [-0.15, -0.1) is 5.10 Å². The van der Waals surface area contributed by atoms with Crippen LogP contribution in [0.2, 0.25) is 5.02 Å². The average Bonchev–Trinajstić information content (AvgIpc) is 2.73. The van der Waals surface area contributed by atoms with Crippen LogP contribution in [0.25, 0.3) is 0 Å². The van der Waals surface area contributed by atoms with Crippen molar-refractivity contribution in [2.75, 3.05) is 0 Å². The highest BCUT2D eigenvalue weighted by Gasteiger charge is 2.15. The molecule has 19 heavy (non-hydrogen) atoms. The van der Waals surface area contributed by atoms with E-state index >= 15 is 0 Å². The largest absolute Gasteiger partial charge is 0.543 e. The second-order valence-electron chi connectivity index (χ2n) is 3.65. The van der Waals surface area contributed by atoms with Gasteiger partial charge in [-0.1, -0.05) is 28.9 Å². The van der Waals surface area contributed by atoms with Gasteiger partial charge in [-0.05, 0) is 17.7 Å². The van der Waals surface area contributed by atoms with Gasteiger partial charge in [0.2, 0.25) is 0 Å². The number of halogens is 1. The normalized spacial score (nSPS) is 10.4. The first-order valence-corrected chi connectivity index (χ1v) is 5.47.